The maximum absolute atomic E-state index is 10.7. The fourth-order valence-corrected chi connectivity index (χ4v) is 2.86. The summed E-state index contributed by atoms with van der Waals surface area (Å²) in [6, 6.07) is 12.1. The van der Waals surface area contributed by atoms with Crippen LogP contribution in [0.15, 0.2) is 42.5 Å². The first-order valence-electron chi connectivity index (χ1n) is 5.70. The van der Waals surface area contributed by atoms with Crippen molar-refractivity contribution in [2.24, 2.45) is 0 Å². The number of aromatic nitrogens is 1. The minimum absolute atomic E-state index is 0.0372. The highest BCUT2D eigenvalue weighted by Crippen LogP contribution is 2.32. The van der Waals surface area contributed by atoms with Crippen LogP contribution in [-0.2, 0) is 0 Å². The molecule has 1 heterocycles. The van der Waals surface area contributed by atoms with Crippen LogP contribution in [0, 0.1) is 10.1 Å². The molecule has 0 amide bonds. The number of thiazole rings is 1. The van der Waals surface area contributed by atoms with Gasteiger partial charge in [-0.3, -0.25) is 10.1 Å². The molecule has 0 fully saturated rings. The van der Waals surface area contributed by atoms with Crippen molar-refractivity contribution < 1.29 is 4.92 Å². The van der Waals surface area contributed by atoms with E-state index in [1.54, 1.807) is 6.07 Å². The van der Waals surface area contributed by atoms with Crippen LogP contribution in [0.1, 0.15) is 0 Å². The summed E-state index contributed by atoms with van der Waals surface area (Å²) >= 11 is 7.53. The summed E-state index contributed by atoms with van der Waals surface area (Å²) in [6.07, 6.45) is 0. The van der Waals surface area contributed by atoms with Gasteiger partial charge in [0.1, 0.15) is 0 Å². The lowest BCUT2D eigenvalue weighted by molar-refractivity contribution is -0.384. The van der Waals surface area contributed by atoms with Crippen LogP contribution in [0.4, 0.5) is 16.5 Å². The zero-order valence-corrected chi connectivity index (χ0v) is 11.6. The summed E-state index contributed by atoms with van der Waals surface area (Å²) in [7, 11) is 0. The molecule has 1 N–H and O–H groups in total. The third-order valence-electron chi connectivity index (χ3n) is 2.70. The lowest BCUT2D eigenvalue weighted by Gasteiger charge is -2.04. The summed E-state index contributed by atoms with van der Waals surface area (Å²) in [5.74, 6) is 0. The summed E-state index contributed by atoms with van der Waals surface area (Å²) in [6.45, 7) is 0. The second-order valence-electron chi connectivity index (χ2n) is 4.03. The Morgan fingerprint density at radius 1 is 1.25 bits per heavy atom. The number of anilines is 2. The number of halogens is 1. The van der Waals surface area contributed by atoms with Gasteiger partial charge >= 0.3 is 0 Å². The predicted molar refractivity (Wildman–Crippen MR) is 81.0 cm³/mol. The Morgan fingerprint density at radius 3 is 2.75 bits per heavy atom. The number of nitrogens with zero attached hydrogens (tertiary/aromatic N) is 2. The Labute approximate surface area is 123 Å². The Kier molecular flexibility index (Phi) is 3.25. The molecule has 0 radical (unpaired) electrons. The molecule has 0 saturated heterocycles. The van der Waals surface area contributed by atoms with Gasteiger partial charge in [-0.25, -0.2) is 4.98 Å². The van der Waals surface area contributed by atoms with Crippen LogP contribution in [0.2, 0.25) is 5.02 Å². The lowest BCUT2D eigenvalue weighted by Crippen LogP contribution is -1.92. The molecule has 3 aromatic rings. The molecule has 0 bridgehead atoms. The third kappa shape index (κ3) is 2.43. The number of fused-ring (bicyclic) bond motifs is 1. The molecule has 0 aliphatic heterocycles. The second kappa shape index (κ2) is 5.07. The molecule has 0 saturated carbocycles. The van der Waals surface area contributed by atoms with E-state index >= 15 is 0 Å². The van der Waals surface area contributed by atoms with Crippen molar-refractivity contribution in [3.63, 3.8) is 0 Å². The number of hydrogen-bond acceptors (Lipinski definition) is 5. The Balaban J connectivity index is 1.92. The van der Waals surface area contributed by atoms with Crippen molar-refractivity contribution >= 4 is 49.7 Å². The summed E-state index contributed by atoms with van der Waals surface area (Å²) in [5, 5.41) is 14.7. The van der Waals surface area contributed by atoms with Gasteiger partial charge in [0.15, 0.2) is 5.13 Å². The van der Waals surface area contributed by atoms with E-state index < -0.39 is 4.92 Å². The highest BCUT2D eigenvalue weighted by atomic mass is 35.5. The van der Waals surface area contributed by atoms with Gasteiger partial charge in [-0.05, 0) is 18.2 Å². The zero-order chi connectivity index (χ0) is 14.1. The van der Waals surface area contributed by atoms with Crippen molar-refractivity contribution in [2.75, 3.05) is 5.32 Å². The monoisotopic (exact) mass is 305 g/mol. The third-order valence-corrected chi connectivity index (χ3v) is 3.96. The molecule has 5 nitrogen and oxygen atoms in total. The molecule has 20 heavy (non-hydrogen) atoms. The SMILES string of the molecule is O=[N+]([O-])c1ccc(Nc2nc3ccccc3s2)c(Cl)c1. The van der Waals surface area contributed by atoms with E-state index in [-0.39, 0.29) is 5.69 Å². The molecular weight excluding hydrogens is 298 g/mol. The molecule has 3 rings (SSSR count). The number of non-ortho nitro benzene ring substituents is 1. The molecule has 0 atom stereocenters. The molecule has 0 aliphatic carbocycles. The smallest absolute Gasteiger partial charge is 0.271 e. The van der Waals surface area contributed by atoms with Crippen molar-refractivity contribution in [1.82, 2.24) is 4.98 Å². The van der Waals surface area contributed by atoms with E-state index in [0.717, 1.165) is 10.2 Å². The van der Waals surface area contributed by atoms with E-state index in [4.69, 9.17) is 11.6 Å². The van der Waals surface area contributed by atoms with Crippen molar-refractivity contribution in [2.45, 2.75) is 0 Å². The molecule has 1 aromatic heterocycles. The normalized spacial score (nSPS) is 10.7. The quantitative estimate of drug-likeness (QED) is 0.567. The maximum atomic E-state index is 10.7. The summed E-state index contributed by atoms with van der Waals surface area (Å²) in [4.78, 5) is 14.6. The number of para-hydroxylation sites is 1. The molecular formula is C13H8ClN3O2S. The first kappa shape index (κ1) is 12.8. The maximum Gasteiger partial charge on any atom is 0.271 e. The van der Waals surface area contributed by atoms with Crippen LogP contribution in [0.25, 0.3) is 10.2 Å². The molecule has 100 valence electrons. The van der Waals surface area contributed by atoms with E-state index in [1.807, 2.05) is 24.3 Å². The van der Waals surface area contributed by atoms with Crippen molar-refractivity contribution in [1.29, 1.82) is 0 Å². The molecule has 0 aliphatic rings. The van der Waals surface area contributed by atoms with Crippen LogP contribution in [0.3, 0.4) is 0 Å². The van der Waals surface area contributed by atoms with Gasteiger partial charge in [-0.15, -0.1) is 0 Å². The largest absolute Gasteiger partial charge is 0.330 e. The van der Waals surface area contributed by atoms with Gasteiger partial charge in [0.05, 0.1) is 25.8 Å². The second-order valence-corrected chi connectivity index (χ2v) is 5.47. The molecule has 2 aromatic carbocycles. The Morgan fingerprint density at radius 2 is 2.05 bits per heavy atom. The highest BCUT2D eigenvalue weighted by Gasteiger charge is 2.11. The van der Waals surface area contributed by atoms with Gasteiger partial charge < -0.3 is 5.32 Å². The van der Waals surface area contributed by atoms with Gasteiger partial charge in [-0.1, -0.05) is 35.1 Å². The summed E-state index contributed by atoms with van der Waals surface area (Å²) in [5.41, 5.74) is 1.46. The zero-order valence-electron chi connectivity index (χ0n) is 10.0. The molecule has 7 heteroatoms. The van der Waals surface area contributed by atoms with Crippen LogP contribution in [-0.4, -0.2) is 9.91 Å². The van der Waals surface area contributed by atoms with Crippen LogP contribution in [0.5, 0.6) is 0 Å². The Bertz CT molecular complexity index is 770. The lowest BCUT2D eigenvalue weighted by atomic mass is 10.3. The van der Waals surface area contributed by atoms with Gasteiger partial charge in [0.25, 0.3) is 5.69 Å². The molecule has 0 spiro atoms. The highest BCUT2D eigenvalue weighted by molar-refractivity contribution is 7.22. The molecule has 0 unspecified atom stereocenters. The van der Waals surface area contributed by atoms with E-state index in [0.29, 0.717) is 15.8 Å². The minimum Gasteiger partial charge on any atom is -0.330 e. The Hall–Kier alpha value is -2.18. The standard InChI is InChI=1S/C13H8ClN3O2S/c14-9-7-8(17(18)19)5-6-10(9)15-13-16-11-3-1-2-4-12(11)20-13/h1-7H,(H,15,16). The van der Waals surface area contributed by atoms with E-state index in [9.17, 15) is 10.1 Å². The number of benzene rings is 2. The van der Waals surface area contributed by atoms with Crippen molar-refractivity contribution in [3.05, 3.63) is 57.6 Å². The van der Waals surface area contributed by atoms with Crippen LogP contribution < -0.4 is 5.32 Å². The van der Waals surface area contributed by atoms with Gasteiger partial charge in [-0.2, -0.15) is 0 Å². The number of rotatable bonds is 3. The van der Waals surface area contributed by atoms with Gasteiger partial charge in [0, 0.05) is 12.1 Å². The summed E-state index contributed by atoms with van der Waals surface area (Å²) < 4.78 is 1.06. The minimum atomic E-state index is -0.479. The first-order chi connectivity index (χ1) is 9.63. The fourth-order valence-electron chi connectivity index (χ4n) is 1.76. The number of nitro groups is 1. The van der Waals surface area contributed by atoms with Crippen molar-refractivity contribution in [3.8, 4) is 0 Å². The van der Waals surface area contributed by atoms with Crippen LogP contribution >= 0.6 is 22.9 Å². The number of nitrogens with one attached hydrogen (secondary N) is 1. The predicted octanol–water partition coefficient (Wildman–Crippen LogP) is 4.60. The van der Waals surface area contributed by atoms with Gasteiger partial charge in [0.2, 0.25) is 0 Å². The first-order valence-corrected chi connectivity index (χ1v) is 6.89. The average molecular weight is 306 g/mol. The topological polar surface area (TPSA) is 68.1 Å². The number of nitro benzene ring substituents is 1. The van der Waals surface area contributed by atoms with E-state index in [2.05, 4.69) is 10.3 Å². The fraction of sp³-hybridized carbons (Fsp3) is 0. The number of hydrogen-bond donors (Lipinski definition) is 1. The average Bonchev–Trinajstić information content (AvgIpc) is 2.83. The van der Waals surface area contributed by atoms with E-state index in [1.165, 1.54) is 23.5 Å².